The minimum Gasteiger partial charge on any atom is -0.501 e. The van der Waals surface area contributed by atoms with E-state index in [4.69, 9.17) is 14.9 Å². The Kier molecular flexibility index (Phi) is 13.8. The van der Waals surface area contributed by atoms with Crippen molar-refractivity contribution in [2.75, 3.05) is 26.3 Å². The number of aliphatic hydroxyl groups is 1. The zero-order chi connectivity index (χ0) is 22.3. The zero-order valence-electron chi connectivity index (χ0n) is 18.3. The highest BCUT2D eigenvalue weighted by Gasteiger charge is 2.22. The Morgan fingerprint density at radius 1 is 1.10 bits per heavy atom. The van der Waals surface area contributed by atoms with Crippen molar-refractivity contribution in [3.8, 4) is 0 Å². The number of hydrogen-bond donors (Lipinski definition) is 4. The van der Waals surface area contributed by atoms with Gasteiger partial charge in [-0.2, -0.15) is 0 Å². The van der Waals surface area contributed by atoms with Crippen LogP contribution in [0.2, 0.25) is 0 Å². The number of carbonyl (C=O) groups is 3. The van der Waals surface area contributed by atoms with Crippen LogP contribution in [0.4, 0.5) is 0 Å². The topological polar surface area (TPSA) is 125 Å². The van der Waals surface area contributed by atoms with Gasteiger partial charge in [0, 0.05) is 32.5 Å². The van der Waals surface area contributed by atoms with Gasteiger partial charge in [0.2, 0.25) is 11.8 Å². The highest BCUT2D eigenvalue weighted by atomic mass is 16.5. The first-order chi connectivity index (χ1) is 13.6. The number of carboxylic acid groups (broad SMARTS) is 1. The normalized spacial score (nSPS) is 12.9. The number of aliphatic carboxylic acids is 1. The second kappa shape index (κ2) is 14.8. The van der Waals surface area contributed by atoms with Gasteiger partial charge >= 0.3 is 5.97 Å². The summed E-state index contributed by atoms with van der Waals surface area (Å²) in [5, 5.41) is 23.2. The first-order valence-electron chi connectivity index (χ1n) is 10.2. The third-order valence-electron chi connectivity index (χ3n) is 4.45. The first-order valence-corrected chi connectivity index (χ1v) is 10.2. The second-order valence-electron chi connectivity index (χ2n) is 8.30. The summed E-state index contributed by atoms with van der Waals surface area (Å²) in [6, 6.07) is 0. The van der Waals surface area contributed by atoms with E-state index in [1.807, 2.05) is 0 Å². The molecule has 0 heterocycles. The Labute approximate surface area is 174 Å². The highest BCUT2D eigenvalue weighted by Crippen LogP contribution is 2.26. The van der Waals surface area contributed by atoms with Gasteiger partial charge in [0.15, 0.2) is 0 Å². The van der Waals surface area contributed by atoms with Crippen LogP contribution in [0.25, 0.3) is 0 Å². The maximum absolute atomic E-state index is 12.0. The van der Waals surface area contributed by atoms with Crippen LogP contribution in [0, 0.1) is 11.3 Å². The van der Waals surface area contributed by atoms with Crippen molar-refractivity contribution in [3.63, 3.8) is 0 Å². The summed E-state index contributed by atoms with van der Waals surface area (Å²) in [4.78, 5) is 34.1. The van der Waals surface area contributed by atoms with Crippen molar-refractivity contribution in [1.82, 2.24) is 10.6 Å². The third-order valence-corrected chi connectivity index (χ3v) is 4.45. The largest absolute Gasteiger partial charge is 0.501 e. The van der Waals surface area contributed by atoms with E-state index in [2.05, 4.69) is 31.4 Å². The Balaban J connectivity index is 3.97. The fraction of sp³-hybridized carbons (Fsp3) is 0.762. The number of rotatable bonds is 16. The summed E-state index contributed by atoms with van der Waals surface area (Å²) < 4.78 is 5.12. The molecule has 8 heteroatoms. The molecule has 0 aliphatic rings. The van der Waals surface area contributed by atoms with Crippen LogP contribution in [0.3, 0.4) is 0 Å². The van der Waals surface area contributed by atoms with Crippen LogP contribution in [-0.4, -0.2) is 54.3 Å². The molecule has 0 bridgehead atoms. The van der Waals surface area contributed by atoms with Gasteiger partial charge in [0.05, 0.1) is 18.4 Å². The van der Waals surface area contributed by atoms with E-state index in [-0.39, 0.29) is 29.4 Å². The molecule has 8 nitrogen and oxygen atoms in total. The fourth-order valence-corrected chi connectivity index (χ4v) is 2.88. The molecule has 0 radical (unpaired) electrons. The Hall–Kier alpha value is -2.09. The monoisotopic (exact) mass is 414 g/mol. The SMILES string of the molecule is CC(=COCCCC(=O)NCC(C)(C)CC(C)CCNC(=O)CCCO)C(=O)O. The van der Waals surface area contributed by atoms with E-state index in [1.54, 1.807) is 0 Å². The maximum atomic E-state index is 12.0. The molecule has 0 aliphatic carbocycles. The predicted octanol–water partition coefficient (Wildman–Crippen LogP) is 2.22. The molecule has 0 aliphatic heterocycles. The van der Waals surface area contributed by atoms with E-state index >= 15 is 0 Å². The number of carbonyl (C=O) groups excluding carboxylic acids is 2. The Morgan fingerprint density at radius 2 is 1.72 bits per heavy atom. The zero-order valence-corrected chi connectivity index (χ0v) is 18.3. The van der Waals surface area contributed by atoms with Crippen LogP contribution >= 0.6 is 0 Å². The lowest BCUT2D eigenvalue weighted by Crippen LogP contribution is -2.35. The molecule has 1 unspecified atom stereocenters. The van der Waals surface area contributed by atoms with Gasteiger partial charge in [0.1, 0.15) is 0 Å². The number of ether oxygens (including phenoxy) is 1. The standard InChI is InChI=1S/C21H38N2O6/c1-16(9-10-22-18(25)7-5-11-24)13-21(3,4)15-23-19(26)8-6-12-29-14-17(2)20(27)28/h14,16,24H,5-13,15H2,1-4H3,(H,22,25)(H,23,26)(H,27,28). The summed E-state index contributed by atoms with van der Waals surface area (Å²) >= 11 is 0. The van der Waals surface area contributed by atoms with E-state index in [1.165, 1.54) is 13.2 Å². The van der Waals surface area contributed by atoms with Crippen molar-refractivity contribution in [2.24, 2.45) is 11.3 Å². The molecule has 0 aromatic rings. The van der Waals surface area contributed by atoms with Crippen molar-refractivity contribution in [1.29, 1.82) is 0 Å². The molecule has 0 rings (SSSR count). The highest BCUT2D eigenvalue weighted by molar-refractivity contribution is 5.85. The van der Waals surface area contributed by atoms with Gasteiger partial charge in [-0.25, -0.2) is 4.79 Å². The molecule has 1 atom stereocenters. The van der Waals surface area contributed by atoms with Crippen LogP contribution in [-0.2, 0) is 19.1 Å². The minimum absolute atomic E-state index is 0.0260. The quantitative estimate of drug-likeness (QED) is 0.174. The van der Waals surface area contributed by atoms with Gasteiger partial charge in [-0.15, -0.1) is 0 Å². The summed E-state index contributed by atoms with van der Waals surface area (Å²) in [6.07, 6.45) is 4.65. The number of aliphatic hydroxyl groups excluding tert-OH is 1. The van der Waals surface area contributed by atoms with Crippen LogP contribution in [0.1, 0.15) is 66.2 Å². The first kappa shape index (κ1) is 26.9. The number of carboxylic acids is 1. The molecule has 0 saturated carbocycles. The molecule has 0 spiro atoms. The van der Waals surface area contributed by atoms with Gasteiger partial charge in [-0.1, -0.05) is 20.8 Å². The number of amides is 2. The van der Waals surface area contributed by atoms with Crippen molar-refractivity contribution >= 4 is 17.8 Å². The lowest BCUT2D eigenvalue weighted by molar-refractivity contribution is -0.132. The summed E-state index contributed by atoms with van der Waals surface area (Å²) in [6.45, 7) is 9.29. The van der Waals surface area contributed by atoms with E-state index in [0.717, 1.165) is 12.8 Å². The van der Waals surface area contributed by atoms with Gasteiger partial charge in [0.25, 0.3) is 0 Å². The molecular weight excluding hydrogens is 376 g/mol. The summed E-state index contributed by atoms with van der Waals surface area (Å²) in [5.74, 6) is -0.708. The second-order valence-corrected chi connectivity index (χ2v) is 8.30. The Morgan fingerprint density at radius 3 is 2.34 bits per heavy atom. The average Bonchev–Trinajstić information content (AvgIpc) is 2.63. The molecule has 0 fully saturated rings. The average molecular weight is 415 g/mol. The lowest BCUT2D eigenvalue weighted by Gasteiger charge is -2.28. The van der Waals surface area contributed by atoms with Crippen LogP contribution in [0.15, 0.2) is 11.8 Å². The molecule has 2 amide bonds. The molecule has 4 N–H and O–H groups in total. The Bertz CT molecular complexity index is 545. The molecular formula is C21H38N2O6. The van der Waals surface area contributed by atoms with Gasteiger partial charge in [-0.05, 0) is 43.9 Å². The smallest absolute Gasteiger partial charge is 0.334 e. The lowest BCUT2D eigenvalue weighted by atomic mass is 9.82. The summed E-state index contributed by atoms with van der Waals surface area (Å²) in [5.41, 5.74) is 0.0587. The molecule has 0 aromatic carbocycles. The van der Waals surface area contributed by atoms with Crippen LogP contribution in [0.5, 0.6) is 0 Å². The third kappa shape index (κ3) is 15.5. The minimum atomic E-state index is -1.02. The number of hydrogen-bond acceptors (Lipinski definition) is 5. The maximum Gasteiger partial charge on any atom is 0.334 e. The molecule has 0 saturated heterocycles. The summed E-state index contributed by atoms with van der Waals surface area (Å²) in [7, 11) is 0. The van der Waals surface area contributed by atoms with Gasteiger partial charge in [-0.3, -0.25) is 9.59 Å². The van der Waals surface area contributed by atoms with E-state index in [0.29, 0.717) is 51.3 Å². The predicted molar refractivity (Wildman–Crippen MR) is 111 cm³/mol. The van der Waals surface area contributed by atoms with E-state index < -0.39 is 5.97 Å². The fourth-order valence-electron chi connectivity index (χ4n) is 2.88. The van der Waals surface area contributed by atoms with Crippen LogP contribution < -0.4 is 10.6 Å². The molecule has 29 heavy (non-hydrogen) atoms. The molecule has 0 aromatic heterocycles. The number of nitrogens with one attached hydrogen (secondary N) is 2. The van der Waals surface area contributed by atoms with Gasteiger partial charge < -0.3 is 25.6 Å². The van der Waals surface area contributed by atoms with Crippen molar-refractivity contribution < 1.29 is 29.3 Å². The van der Waals surface area contributed by atoms with Crippen molar-refractivity contribution in [2.45, 2.75) is 66.2 Å². The van der Waals surface area contributed by atoms with Crippen molar-refractivity contribution in [3.05, 3.63) is 11.8 Å². The molecule has 168 valence electrons. The van der Waals surface area contributed by atoms with E-state index in [9.17, 15) is 14.4 Å².